The van der Waals surface area contributed by atoms with E-state index in [4.69, 9.17) is 5.11 Å². The molecule has 3 unspecified atom stereocenters. The second kappa shape index (κ2) is 5.49. The number of likely N-dealkylation sites (tertiary alicyclic amines) is 1. The van der Waals surface area contributed by atoms with Gasteiger partial charge in [0.1, 0.15) is 0 Å². The normalized spacial score (nSPS) is 35.4. The number of piperidine rings is 1. The molecule has 2 N–H and O–H groups in total. The van der Waals surface area contributed by atoms with E-state index in [1.807, 2.05) is 6.92 Å². The van der Waals surface area contributed by atoms with Crippen LogP contribution in [0.4, 0.5) is 0 Å². The van der Waals surface area contributed by atoms with Gasteiger partial charge in [-0.1, -0.05) is 6.92 Å². The van der Waals surface area contributed by atoms with Crippen LogP contribution in [0.25, 0.3) is 0 Å². The summed E-state index contributed by atoms with van der Waals surface area (Å²) in [6, 6.07) is -0.185. The van der Waals surface area contributed by atoms with Crippen LogP contribution in [0.2, 0.25) is 0 Å². The van der Waals surface area contributed by atoms with Gasteiger partial charge in [0, 0.05) is 19.1 Å². The van der Waals surface area contributed by atoms with Crippen molar-refractivity contribution >= 4 is 11.9 Å². The van der Waals surface area contributed by atoms with Crippen molar-refractivity contribution in [1.82, 2.24) is 10.2 Å². The number of hydrogen-bond acceptors (Lipinski definition) is 3. The van der Waals surface area contributed by atoms with Crippen molar-refractivity contribution < 1.29 is 14.7 Å². The van der Waals surface area contributed by atoms with Gasteiger partial charge in [0.2, 0.25) is 5.91 Å². The molecule has 0 saturated carbocycles. The van der Waals surface area contributed by atoms with Crippen LogP contribution >= 0.6 is 0 Å². The van der Waals surface area contributed by atoms with E-state index >= 15 is 0 Å². The largest absolute Gasteiger partial charge is 0.481 e. The molecule has 2 aliphatic heterocycles. The van der Waals surface area contributed by atoms with Gasteiger partial charge in [-0.25, -0.2) is 0 Å². The van der Waals surface area contributed by atoms with Crippen LogP contribution in [0.15, 0.2) is 0 Å². The van der Waals surface area contributed by atoms with Crippen LogP contribution in [0, 0.1) is 11.3 Å². The van der Waals surface area contributed by atoms with Crippen molar-refractivity contribution in [2.75, 3.05) is 19.6 Å². The molecule has 19 heavy (non-hydrogen) atoms. The zero-order valence-corrected chi connectivity index (χ0v) is 11.8. The number of hydrogen-bond donors (Lipinski definition) is 2. The van der Waals surface area contributed by atoms with Gasteiger partial charge in [0.15, 0.2) is 0 Å². The van der Waals surface area contributed by atoms with E-state index in [2.05, 4.69) is 12.2 Å². The molecule has 0 bridgehead atoms. The first-order valence-electron chi connectivity index (χ1n) is 7.26. The number of rotatable bonds is 3. The number of carboxylic acids is 1. The molecule has 0 spiro atoms. The van der Waals surface area contributed by atoms with Gasteiger partial charge in [-0.3, -0.25) is 9.59 Å². The number of carbonyl (C=O) groups is 2. The van der Waals surface area contributed by atoms with Gasteiger partial charge in [0.25, 0.3) is 0 Å². The lowest BCUT2D eigenvalue weighted by molar-refractivity contribution is -0.147. The maximum atomic E-state index is 12.8. The molecule has 2 rings (SSSR count). The Morgan fingerprint density at radius 3 is 2.68 bits per heavy atom. The second-order valence-corrected chi connectivity index (χ2v) is 5.89. The molecule has 5 heteroatoms. The highest BCUT2D eigenvalue weighted by molar-refractivity contribution is 5.85. The summed E-state index contributed by atoms with van der Waals surface area (Å²) in [6.07, 6.45) is 3.33. The summed E-state index contributed by atoms with van der Waals surface area (Å²) in [7, 11) is 0. The molecule has 5 nitrogen and oxygen atoms in total. The van der Waals surface area contributed by atoms with Crippen LogP contribution in [0.5, 0.6) is 0 Å². The Morgan fingerprint density at radius 1 is 1.47 bits per heavy atom. The zero-order valence-electron chi connectivity index (χ0n) is 11.8. The molecule has 3 atom stereocenters. The van der Waals surface area contributed by atoms with E-state index in [0.717, 1.165) is 32.4 Å². The molecule has 0 aromatic carbocycles. The minimum atomic E-state index is -0.782. The highest BCUT2D eigenvalue weighted by Crippen LogP contribution is 2.36. The summed E-state index contributed by atoms with van der Waals surface area (Å²) in [6.45, 7) is 6.20. The topological polar surface area (TPSA) is 69.6 Å². The Kier molecular flexibility index (Phi) is 4.13. The molecule has 0 aliphatic carbocycles. The Morgan fingerprint density at radius 2 is 2.21 bits per heavy atom. The lowest BCUT2D eigenvalue weighted by atomic mass is 9.77. The first-order chi connectivity index (χ1) is 9.02. The zero-order chi connectivity index (χ0) is 14.0. The van der Waals surface area contributed by atoms with E-state index in [9.17, 15) is 9.59 Å². The Bertz CT molecular complexity index is 364. The average molecular weight is 268 g/mol. The molecule has 0 aromatic heterocycles. The van der Waals surface area contributed by atoms with E-state index in [1.165, 1.54) is 0 Å². The minimum Gasteiger partial charge on any atom is -0.481 e. The van der Waals surface area contributed by atoms with E-state index in [1.54, 1.807) is 4.90 Å². The first-order valence-corrected chi connectivity index (χ1v) is 7.26. The van der Waals surface area contributed by atoms with Crippen molar-refractivity contribution in [3.8, 4) is 0 Å². The van der Waals surface area contributed by atoms with Gasteiger partial charge in [-0.2, -0.15) is 0 Å². The minimum absolute atomic E-state index is 0.151. The van der Waals surface area contributed by atoms with E-state index in [0.29, 0.717) is 13.0 Å². The summed E-state index contributed by atoms with van der Waals surface area (Å²) in [5.74, 6) is -1.04. The van der Waals surface area contributed by atoms with Crippen LogP contribution in [-0.4, -0.2) is 47.6 Å². The van der Waals surface area contributed by atoms with Crippen LogP contribution in [0.1, 0.15) is 39.5 Å². The van der Waals surface area contributed by atoms with Crippen LogP contribution in [0.3, 0.4) is 0 Å². The Labute approximate surface area is 114 Å². The summed E-state index contributed by atoms with van der Waals surface area (Å²) in [5, 5.41) is 12.5. The molecule has 2 aliphatic rings. The highest BCUT2D eigenvalue weighted by atomic mass is 16.4. The maximum absolute atomic E-state index is 12.8. The molecule has 2 saturated heterocycles. The summed E-state index contributed by atoms with van der Waals surface area (Å²) < 4.78 is 0. The summed E-state index contributed by atoms with van der Waals surface area (Å²) in [4.78, 5) is 25.8. The fraction of sp³-hybridized carbons (Fsp3) is 0.857. The summed E-state index contributed by atoms with van der Waals surface area (Å²) >= 11 is 0. The quantitative estimate of drug-likeness (QED) is 0.804. The van der Waals surface area contributed by atoms with Crippen molar-refractivity contribution in [2.45, 2.75) is 45.6 Å². The van der Waals surface area contributed by atoms with Gasteiger partial charge in [-0.05, 0) is 39.2 Å². The van der Waals surface area contributed by atoms with E-state index < -0.39 is 11.9 Å². The lowest BCUT2D eigenvalue weighted by Gasteiger charge is -2.40. The maximum Gasteiger partial charge on any atom is 0.308 e. The third kappa shape index (κ3) is 2.48. The molecular weight excluding hydrogens is 244 g/mol. The van der Waals surface area contributed by atoms with Crippen molar-refractivity contribution in [3.63, 3.8) is 0 Å². The molecule has 2 fully saturated rings. The third-order valence-electron chi connectivity index (χ3n) is 4.94. The van der Waals surface area contributed by atoms with Crippen LogP contribution < -0.4 is 5.32 Å². The fourth-order valence-corrected chi connectivity index (χ4v) is 3.46. The number of nitrogens with zero attached hydrogens (tertiary/aromatic N) is 1. The number of nitrogens with one attached hydrogen (secondary N) is 1. The van der Waals surface area contributed by atoms with E-state index in [-0.39, 0.29) is 17.4 Å². The van der Waals surface area contributed by atoms with Gasteiger partial charge >= 0.3 is 5.97 Å². The molecule has 2 heterocycles. The van der Waals surface area contributed by atoms with Crippen LogP contribution in [-0.2, 0) is 9.59 Å². The van der Waals surface area contributed by atoms with Crippen molar-refractivity contribution in [1.29, 1.82) is 0 Å². The fourth-order valence-electron chi connectivity index (χ4n) is 3.46. The number of carboxylic acid groups (broad SMARTS) is 1. The molecular formula is C14H24N2O3. The number of carbonyl (C=O) groups excluding carboxylic acids is 1. The van der Waals surface area contributed by atoms with Crippen molar-refractivity contribution in [2.24, 2.45) is 11.3 Å². The lowest BCUT2D eigenvalue weighted by Crippen LogP contribution is -2.53. The van der Waals surface area contributed by atoms with Crippen molar-refractivity contribution in [3.05, 3.63) is 0 Å². The molecule has 0 aromatic rings. The number of aliphatic carboxylic acids is 1. The Hall–Kier alpha value is -1.10. The summed E-state index contributed by atoms with van der Waals surface area (Å²) in [5.41, 5.74) is -0.320. The first kappa shape index (κ1) is 14.3. The SMILES string of the molecule is CCC1(C(=O)N2CCC(C(=O)O)C2C)CCCNC1. The standard InChI is InChI=1S/C14H24N2O3/c1-3-14(6-4-7-15-9-14)13(19)16-8-5-11(10(16)2)12(17)18/h10-11,15H,3-9H2,1-2H3,(H,17,18). The third-order valence-corrected chi connectivity index (χ3v) is 4.94. The highest BCUT2D eigenvalue weighted by Gasteiger charge is 2.46. The smallest absolute Gasteiger partial charge is 0.308 e. The predicted octanol–water partition coefficient (Wildman–Crippen LogP) is 1.09. The van der Waals surface area contributed by atoms with Gasteiger partial charge in [0.05, 0.1) is 11.3 Å². The molecule has 0 radical (unpaired) electrons. The van der Waals surface area contributed by atoms with Gasteiger partial charge < -0.3 is 15.3 Å². The second-order valence-electron chi connectivity index (χ2n) is 5.89. The Balaban J connectivity index is 2.13. The number of amides is 1. The molecule has 1 amide bonds. The monoisotopic (exact) mass is 268 g/mol. The van der Waals surface area contributed by atoms with Gasteiger partial charge in [-0.15, -0.1) is 0 Å². The average Bonchev–Trinajstić information content (AvgIpc) is 2.80. The predicted molar refractivity (Wildman–Crippen MR) is 71.7 cm³/mol. The molecule has 108 valence electrons.